The fraction of sp³-hybridized carbons (Fsp3) is 0.385. The lowest BCUT2D eigenvalue weighted by Gasteiger charge is -2.25. The highest BCUT2D eigenvalue weighted by Crippen LogP contribution is 2.40. The Morgan fingerprint density at radius 3 is 2.30 bits per heavy atom. The minimum atomic E-state index is -0.711. The molecule has 33 heavy (non-hydrogen) atoms. The number of methoxy groups -OCH3 is 3. The van der Waals surface area contributed by atoms with Crippen molar-refractivity contribution >= 4 is 17.4 Å². The first-order chi connectivity index (χ1) is 15.8. The third-order valence-electron chi connectivity index (χ3n) is 5.84. The molecule has 2 aromatic rings. The summed E-state index contributed by atoms with van der Waals surface area (Å²) in [7, 11) is 4.75. The smallest absolute Gasteiger partial charge is 0.295 e. The molecule has 1 unspecified atom stereocenters. The predicted molar refractivity (Wildman–Crippen MR) is 126 cm³/mol. The summed E-state index contributed by atoms with van der Waals surface area (Å²) < 4.78 is 15.8. The van der Waals surface area contributed by atoms with Crippen molar-refractivity contribution in [3.8, 4) is 11.5 Å². The Labute approximate surface area is 194 Å². The maximum atomic E-state index is 13.1. The first-order valence-corrected chi connectivity index (χ1v) is 10.9. The van der Waals surface area contributed by atoms with Gasteiger partial charge in [0.2, 0.25) is 0 Å². The molecule has 7 nitrogen and oxygen atoms in total. The Bertz CT molecular complexity index is 1040. The van der Waals surface area contributed by atoms with Gasteiger partial charge in [0.15, 0.2) is 0 Å². The zero-order valence-electron chi connectivity index (χ0n) is 19.8. The number of likely N-dealkylation sites (tertiary alicyclic amines) is 1. The lowest BCUT2D eigenvalue weighted by Crippen LogP contribution is -2.31. The van der Waals surface area contributed by atoms with Crippen molar-refractivity contribution in [3.05, 3.63) is 64.7 Å². The van der Waals surface area contributed by atoms with Crippen LogP contribution in [0.25, 0.3) is 5.76 Å². The van der Waals surface area contributed by atoms with Gasteiger partial charge in [0.1, 0.15) is 17.3 Å². The normalized spacial score (nSPS) is 17.6. The summed E-state index contributed by atoms with van der Waals surface area (Å²) >= 11 is 0. The Balaban J connectivity index is 2.15. The number of ketones is 1. The van der Waals surface area contributed by atoms with Gasteiger partial charge in [0, 0.05) is 25.8 Å². The number of benzene rings is 2. The number of aliphatic hydroxyl groups excluding tert-OH is 1. The van der Waals surface area contributed by atoms with Crippen molar-refractivity contribution in [1.82, 2.24) is 4.90 Å². The molecule has 0 radical (unpaired) electrons. The fourth-order valence-corrected chi connectivity index (χ4v) is 4.11. The van der Waals surface area contributed by atoms with Crippen LogP contribution in [0.4, 0.5) is 0 Å². The third kappa shape index (κ3) is 4.88. The molecule has 3 rings (SSSR count). The Morgan fingerprint density at radius 2 is 1.73 bits per heavy atom. The van der Waals surface area contributed by atoms with Crippen molar-refractivity contribution in [2.24, 2.45) is 0 Å². The van der Waals surface area contributed by atoms with Gasteiger partial charge in [-0.1, -0.05) is 26.0 Å². The molecule has 1 aliphatic heterocycles. The molecule has 0 bridgehead atoms. The molecule has 0 spiro atoms. The molecule has 176 valence electrons. The van der Waals surface area contributed by atoms with E-state index in [4.69, 9.17) is 14.2 Å². The molecule has 1 amide bonds. The van der Waals surface area contributed by atoms with Gasteiger partial charge in [0.25, 0.3) is 11.7 Å². The SMILES string of the molecule is COCCCN1C(=O)C(=O)/C(=C(\O)c2ccc(OC)c(C(C)C)c2)C1c1ccc(OC)cc1. The van der Waals surface area contributed by atoms with E-state index in [0.717, 1.165) is 5.56 Å². The number of ether oxygens (including phenoxy) is 3. The molecule has 1 saturated heterocycles. The van der Waals surface area contributed by atoms with E-state index in [0.29, 0.717) is 42.2 Å². The molecular formula is C26H31NO6. The zero-order chi connectivity index (χ0) is 24.1. The summed E-state index contributed by atoms with van der Waals surface area (Å²) in [4.78, 5) is 27.6. The van der Waals surface area contributed by atoms with E-state index < -0.39 is 17.7 Å². The number of amides is 1. The Morgan fingerprint density at radius 1 is 1.03 bits per heavy atom. The molecule has 1 fully saturated rings. The van der Waals surface area contributed by atoms with E-state index >= 15 is 0 Å². The van der Waals surface area contributed by atoms with Gasteiger partial charge >= 0.3 is 0 Å². The van der Waals surface area contributed by atoms with Crippen LogP contribution in [-0.4, -0.2) is 56.2 Å². The zero-order valence-corrected chi connectivity index (χ0v) is 19.8. The maximum Gasteiger partial charge on any atom is 0.295 e. The van der Waals surface area contributed by atoms with Gasteiger partial charge in [-0.05, 0) is 53.8 Å². The summed E-state index contributed by atoms with van der Waals surface area (Å²) in [5.41, 5.74) is 2.15. The van der Waals surface area contributed by atoms with E-state index in [1.54, 1.807) is 57.7 Å². The van der Waals surface area contributed by atoms with Gasteiger partial charge in [-0.15, -0.1) is 0 Å². The van der Waals surface area contributed by atoms with Crippen LogP contribution in [0.1, 0.15) is 48.9 Å². The van der Waals surface area contributed by atoms with E-state index in [-0.39, 0.29) is 17.3 Å². The Hall–Kier alpha value is -3.32. The molecule has 7 heteroatoms. The standard InChI is InChI=1S/C26H31NO6/c1-16(2)20-15-18(9-12-21(20)33-5)24(28)22-23(17-7-10-19(32-4)11-8-17)27(13-6-14-31-3)26(30)25(22)29/h7-12,15-16,23,28H,6,13-14H2,1-5H3/b24-22-. The average Bonchev–Trinajstić information content (AvgIpc) is 3.08. The van der Waals surface area contributed by atoms with Crippen LogP contribution in [0.2, 0.25) is 0 Å². The van der Waals surface area contributed by atoms with Crippen molar-refractivity contribution in [2.45, 2.75) is 32.2 Å². The third-order valence-corrected chi connectivity index (χ3v) is 5.84. The highest BCUT2D eigenvalue weighted by molar-refractivity contribution is 6.46. The summed E-state index contributed by atoms with van der Waals surface area (Å²) in [6.45, 7) is 4.82. The van der Waals surface area contributed by atoms with E-state index in [2.05, 4.69) is 0 Å². The van der Waals surface area contributed by atoms with Crippen LogP contribution < -0.4 is 9.47 Å². The monoisotopic (exact) mass is 453 g/mol. The number of carbonyl (C=O) groups excluding carboxylic acids is 2. The van der Waals surface area contributed by atoms with Crippen LogP contribution in [0.3, 0.4) is 0 Å². The summed E-state index contributed by atoms with van der Waals surface area (Å²) in [6, 6.07) is 11.7. The molecule has 1 heterocycles. The maximum absolute atomic E-state index is 13.1. The number of rotatable bonds is 9. The first-order valence-electron chi connectivity index (χ1n) is 10.9. The van der Waals surface area contributed by atoms with Crippen molar-refractivity contribution in [2.75, 3.05) is 34.5 Å². The number of hydrogen-bond donors (Lipinski definition) is 1. The Kier molecular flexibility index (Phi) is 7.76. The molecule has 1 atom stereocenters. The van der Waals surface area contributed by atoms with Crippen LogP contribution in [-0.2, 0) is 14.3 Å². The van der Waals surface area contributed by atoms with Crippen LogP contribution in [0.15, 0.2) is 48.0 Å². The van der Waals surface area contributed by atoms with E-state index in [1.807, 2.05) is 19.9 Å². The molecule has 2 aromatic carbocycles. The summed E-state index contributed by atoms with van der Waals surface area (Å²) in [5.74, 6) is -0.0340. The fourth-order valence-electron chi connectivity index (χ4n) is 4.11. The number of nitrogens with zero attached hydrogens (tertiary/aromatic N) is 1. The first kappa shape index (κ1) is 24.3. The van der Waals surface area contributed by atoms with Crippen LogP contribution in [0.5, 0.6) is 11.5 Å². The number of aliphatic hydroxyl groups is 1. The largest absolute Gasteiger partial charge is 0.507 e. The number of Topliss-reactive ketones (excluding diaryl/α,β-unsaturated/α-hetero) is 1. The predicted octanol–water partition coefficient (Wildman–Crippen LogP) is 4.29. The highest BCUT2D eigenvalue weighted by Gasteiger charge is 2.45. The lowest BCUT2D eigenvalue weighted by molar-refractivity contribution is -0.140. The van der Waals surface area contributed by atoms with Crippen LogP contribution >= 0.6 is 0 Å². The molecule has 1 aliphatic rings. The van der Waals surface area contributed by atoms with E-state index in [9.17, 15) is 14.7 Å². The minimum Gasteiger partial charge on any atom is -0.507 e. The van der Waals surface area contributed by atoms with Gasteiger partial charge in [0.05, 0.1) is 25.8 Å². The van der Waals surface area contributed by atoms with E-state index in [1.165, 1.54) is 4.90 Å². The average molecular weight is 454 g/mol. The van der Waals surface area contributed by atoms with Gasteiger partial charge in [-0.2, -0.15) is 0 Å². The summed E-state index contributed by atoms with van der Waals surface area (Å²) in [5, 5.41) is 11.3. The lowest BCUT2D eigenvalue weighted by atomic mass is 9.93. The molecule has 0 aromatic heterocycles. The van der Waals surface area contributed by atoms with Gasteiger partial charge in [-0.25, -0.2) is 0 Å². The van der Waals surface area contributed by atoms with Gasteiger partial charge < -0.3 is 24.2 Å². The van der Waals surface area contributed by atoms with Crippen molar-refractivity contribution in [1.29, 1.82) is 0 Å². The number of hydrogen-bond acceptors (Lipinski definition) is 6. The van der Waals surface area contributed by atoms with Gasteiger partial charge in [-0.3, -0.25) is 9.59 Å². The second-order valence-corrected chi connectivity index (χ2v) is 8.22. The van der Waals surface area contributed by atoms with Crippen molar-refractivity contribution < 1.29 is 28.9 Å². The molecule has 0 saturated carbocycles. The summed E-state index contributed by atoms with van der Waals surface area (Å²) in [6.07, 6.45) is 0.566. The minimum absolute atomic E-state index is 0.0717. The molecular weight excluding hydrogens is 422 g/mol. The molecule has 0 aliphatic carbocycles. The van der Waals surface area contributed by atoms with Crippen molar-refractivity contribution in [3.63, 3.8) is 0 Å². The van der Waals surface area contributed by atoms with Crippen LogP contribution in [0, 0.1) is 0 Å². The number of carbonyl (C=O) groups is 2. The second kappa shape index (κ2) is 10.5. The molecule has 1 N–H and O–H groups in total. The quantitative estimate of drug-likeness (QED) is 0.264. The topological polar surface area (TPSA) is 85.3 Å². The highest BCUT2D eigenvalue weighted by atomic mass is 16.5. The second-order valence-electron chi connectivity index (χ2n) is 8.22.